The molecule has 1 aromatic carbocycles. The van der Waals surface area contributed by atoms with E-state index in [-0.39, 0.29) is 6.04 Å². The molecule has 0 saturated heterocycles. The third-order valence-corrected chi connectivity index (χ3v) is 14.3. The molecule has 3 atom stereocenters. The molecule has 0 aliphatic heterocycles. The molecule has 58 heavy (non-hydrogen) atoms. The molecule has 3 unspecified atom stereocenters. The van der Waals surface area contributed by atoms with Gasteiger partial charge in [-0.3, -0.25) is 0 Å². The molecule has 2 amide bonds. The number of hydrogen-bond acceptors (Lipinski definition) is 4. The fourth-order valence-electron chi connectivity index (χ4n) is 8.64. The fraction of sp³-hybridized carbons (Fsp3) is 0.860. The van der Waals surface area contributed by atoms with Crippen LogP contribution in [0.3, 0.4) is 0 Å². The van der Waals surface area contributed by atoms with Crippen LogP contribution in [0, 0.1) is 23.7 Å². The molecule has 0 saturated carbocycles. The van der Waals surface area contributed by atoms with Gasteiger partial charge in [-0.2, -0.15) is 12.7 Å². The van der Waals surface area contributed by atoms with Gasteiger partial charge in [0.25, 0.3) is 0 Å². The Kier molecular flexibility index (Phi) is 32.8. The summed E-state index contributed by atoms with van der Waals surface area (Å²) in [6, 6.07) is 6.72. The lowest BCUT2D eigenvalue weighted by Gasteiger charge is -2.29. The van der Waals surface area contributed by atoms with Gasteiger partial charge in [-0.25, -0.2) is 9.52 Å². The zero-order valence-electron chi connectivity index (χ0n) is 39.3. The van der Waals surface area contributed by atoms with Crippen molar-refractivity contribution in [3.8, 4) is 0 Å². The Labute approximate surface area is 361 Å². The molecule has 0 fully saturated rings. The summed E-state index contributed by atoms with van der Waals surface area (Å²) < 4.78 is 29.1. The molecular weight excluding hydrogens is 737 g/mol. The van der Waals surface area contributed by atoms with Crippen molar-refractivity contribution in [2.75, 3.05) is 18.9 Å². The largest absolute Gasteiger partial charge is 0.333 e. The van der Waals surface area contributed by atoms with Crippen molar-refractivity contribution in [3.05, 3.63) is 29.8 Å². The molecular formula is C50H96N4O3S. The summed E-state index contributed by atoms with van der Waals surface area (Å²) in [5.41, 5.74) is 8.47. The molecule has 0 aliphatic carbocycles. The van der Waals surface area contributed by atoms with Gasteiger partial charge in [0.2, 0.25) is 0 Å². The van der Waals surface area contributed by atoms with E-state index in [1.807, 2.05) is 24.3 Å². The predicted molar refractivity (Wildman–Crippen MR) is 254 cm³/mol. The van der Waals surface area contributed by atoms with Gasteiger partial charge in [-0.1, -0.05) is 233 Å². The first-order valence-electron chi connectivity index (χ1n) is 24.8. The lowest BCUT2D eigenvalue weighted by atomic mass is 9.79. The number of carbonyl (C=O) groups is 1. The first kappa shape index (κ1) is 54.4. The maximum absolute atomic E-state index is 12.8. The quantitative estimate of drug-likeness (QED) is 0.0575. The van der Waals surface area contributed by atoms with Crippen molar-refractivity contribution in [3.63, 3.8) is 0 Å². The minimum atomic E-state index is -3.93. The molecule has 4 N–H and O–H groups in total. The van der Waals surface area contributed by atoms with Gasteiger partial charge in [0.1, 0.15) is 0 Å². The molecule has 1 rings (SSSR count). The van der Waals surface area contributed by atoms with Crippen LogP contribution in [0.5, 0.6) is 0 Å². The highest BCUT2D eigenvalue weighted by molar-refractivity contribution is 7.87. The Hall–Kier alpha value is -1.64. The second-order valence-electron chi connectivity index (χ2n) is 18.6. The monoisotopic (exact) mass is 833 g/mol. The second-order valence-corrected chi connectivity index (χ2v) is 20.4. The van der Waals surface area contributed by atoms with Gasteiger partial charge < -0.3 is 11.1 Å². The van der Waals surface area contributed by atoms with Gasteiger partial charge in [0.05, 0.1) is 0 Å². The number of urea groups is 1. The van der Waals surface area contributed by atoms with E-state index in [4.69, 9.17) is 5.73 Å². The maximum atomic E-state index is 12.8. The molecule has 340 valence electrons. The van der Waals surface area contributed by atoms with E-state index < -0.39 is 16.2 Å². The highest BCUT2D eigenvalue weighted by Crippen LogP contribution is 2.33. The van der Waals surface area contributed by atoms with Crippen LogP contribution in [-0.2, 0) is 10.2 Å². The first-order chi connectivity index (χ1) is 27.9. The fourth-order valence-corrected chi connectivity index (χ4v) is 9.45. The predicted octanol–water partition coefficient (Wildman–Crippen LogP) is 15.3. The van der Waals surface area contributed by atoms with E-state index in [0.29, 0.717) is 30.0 Å². The number of nitrogens with zero attached hydrogens (tertiary/aromatic N) is 1. The zero-order chi connectivity index (χ0) is 42.9. The first-order valence-corrected chi connectivity index (χ1v) is 26.3. The highest BCUT2D eigenvalue weighted by atomic mass is 32.2. The van der Waals surface area contributed by atoms with Crippen molar-refractivity contribution in [1.82, 2.24) is 9.03 Å². The Morgan fingerprint density at radius 1 is 0.569 bits per heavy atom. The molecule has 0 radical (unpaired) electrons. The minimum absolute atomic E-state index is 0.0964. The summed E-state index contributed by atoms with van der Waals surface area (Å²) in [5, 5.41) is 2.70. The number of anilines is 1. The molecule has 1 aromatic rings. The van der Waals surface area contributed by atoms with Crippen LogP contribution in [-0.4, -0.2) is 32.3 Å². The van der Waals surface area contributed by atoms with Crippen LogP contribution in [0.4, 0.5) is 10.5 Å². The van der Waals surface area contributed by atoms with Crippen LogP contribution < -0.4 is 15.8 Å². The third-order valence-electron chi connectivity index (χ3n) is 12.8. The number of benzene rings is 1. The molecule has 8 heteroatoms. The number of unbranched alkanes of at least 4 members (excludes halogenated alkanes) is 24. The molecule has 0 spiro atoms. The van der Waals surface area contributed by atoms with Crippen molar-refractivity contribution < 1.29 is 13.2 Å². The molecule has 0 aliphatic rings. The lowest BCUT2D eigenvalue weighted by molar-refractivity contribution is 0.256. The SMILES string of the molecule is CCCCCCCCCCCCCCCCCCN(C)S(=O)(=O)NC(=O)Nc1ccc(C(N)C(CCCC(CCCCCCCCCCCC)C(C)C)C(C)C)cc1. The third kappa shape index (κ3) is 27.3. The average molecular weight is 833 g/mol. The molecule has 7 nitrogen and oxygen atoms in total. The number of nitrogens with two attached hydrogens (primary N) is 1. The van der Waals surface area contributed by atoms with E-state index in [2.05, 4.69) is 51.6 Å². The topological polar surface area (TPSA) is 105 Å². The number of carbonyl (C=O) groups excluding carboxylic acids is 1. The standard InChI is InChI=1S/C50H96N4O3S/c1-8-10-12-14-16-18-20-21-22-23-24-25-27-29-31-33-42-54(7)58(56,57)53-50(55)52-47-40-38-46(39-41-47)49(51)48(44(5)6)37-34-36-45(43(3)4)35-32-30-28-26-19-17-15-13-11-9-2/h38-41,43-45,48-49H,8-37,42,51H2,1-7H3,(H2,52,53,55). The summed E-state index contributed by atoms with van der Waals surface area (Å²) in [6.45, 7) is 14.3. The Bertz CT molecular complexity index is 1210. The van der Waals surface area contributed by atoms with Gasteiger partial charge in [0, 0.05) is 25.3 Å². The number of hydrogen-bond donors (Lipinski definition) is 3. The Balaban J connectivity index is 2.34. The van der Waals surface area contributed by atoms with Crippen molar-refractivity contribution in [1.29, 1.82) is 0 Å². The van der Waals surface area contributed by atoms with Gasteiger partial charge in [0.15, 0.2) is 0 Å². The van der Waals surface area contributed by atoms with Crippen LogP contribution in [0.1, 0.15) is 246 Å². The summed E-state index contributed by atoms with van der Waals surface area (Å²) in [5.74, 6) is 2.31. The number of rotatable bonds is 39. The van der Waals surface area contributed by atoms with Crippen LogP contribution in [0.25, 0.3) is 0 Å². The summed E-state index contributed by atoms with van der Waals surface area (Å²) >= 11 is 0. The van der Waals surface area contributed by atoms with Crippen molar-refractivity contribution >= 4 is 21.9 Å². The van der Waals surface area contributed by atoms with E-state index in [9.17, 15) is 13.2 Å². The van der Waals surface area contributed by atoms with Gasteiger partial charge in [-0.05, 0) is 54.2 Å². The van der Waals surface area contributed by atoms with Crippen LogP contribution in [0.2, 0.25) is 0 Å². The van der Waals surface area contributed by atoms with Crippen molar-refractivity contribution in [2.24, 2.45) is 29.4 Å². The minimum Gasteiger partial charge on any atom is -0.324 e. The molecule has 0 aromatic heterocycles. The van der Waals surface area contributed by atoms with Crippen molar-refractivity contribution in [2.45, 2.75) is 240 Å². The Morgan fingerprint density at radius 2 is 0.966 bits per heavy atom. The smallest absolute Gasteiger partial charge is 0.324 e. The highest BCUT2D eigenvalue weighted by Gasteiger charge is 2.24. The second kappa shape index (κ2) is 35.0. The Morgan fingerprint density at radius 3 is 1.38 bits per heavy atom. The van der Waals surface area contributed by atoms with Gasteiger partial charge in [-0.15, -0.1) is 0 Å². The normalized spacial score (nSPS) is 13.7. The van der Waals surface area contributed by atoms with E-state index in [0.717, 1.165) is 37.2 Å². The maximum Gasteiger partial charge on any atom is 0.333 e. The summed E-state index contributed by atoms with van der Waals surface area (Å²) in [6.07, 6.45) is 39.2. The van der Waals surface area contributed by atoms with E-state index in [1.54, 1.807) is 0 Å². The lowest BCUT2D eigenvalue weighted by Crippen LogP contribution is -2.43. The van der Waals surface area contributed by atoms with E-state index >= 15 is 0 Å². The van der Waals surface area contributed by atoms with Gasteiger partial charge >= 0.3 is 16.2 Å². The zero-order valence-corrected chi connectivity index (χ0v) is 40.1. The number of amides is 2. The van der Waals surface area contributed by atoms with Crippen LogP contribution in [0.15, 0.2) is 24.3 Å². The van der Waals surface area contributed by atoms with E-state index in [1.165, 1.54) is 178 Å². The average Bonchev–Trinajstić information content (AvgIpc) is 3.18. The summed E-state index contributed by atoms with van der Waals surface area (Å²) in [7, 11) is -2.39. The molecule has 0 heterocycles. The molecule has 0 bridgehead atoms. The summed E-state index contributed by atoms with van der Waals surface area (Å²) in [4.78, 5) is 12.7. The van der Waals surface area contributed by atoms with Crippen LogP contribution >= 0.6 is 0 Å². The number of nitrogens with one attached hydrogen (secondary N) is 2.